The smallest absolute Gasteiger partial charge is 0.0724 e. The first-order valence-corrected chi connectivity index (χ1v) is 6.23. The van der Waals surface area contributed by atoms with Gasteiger partial charge in [0.25, 0.3) is 0 Å². The Kier molecular flexibility index (Phi) is 3.65. The molecule has 1 saturated heterocycles. The van der Waals surface area contributed by atoms with Crippen LogP contribution in [0.4, 0.5) is 0 Å². The average Bonchev–Trinajstić information content (AvgIpc) is 2.66. The van der Waals surface area contributed by atoms with Gasteiger partial charge in [0.2, 0.25) is 0 Å². The van der Waals surface area contributed by atoms with Crippen LogP contribution in [-0.2, 0) is 4.74 Å². The summed E-state index contributed by atoms with van der Waals surface area (Å²) in [4.78, 5) is 2.60. The van der Waals surface area contributed by atoms with Gasteiger partial charge in [0.15, 0.2) is 0 Å². The first-order valence-electron chi connectivity index (χ1n) is 6.23. The highest BCUT2D eigenvalue weighted by Crippen LogP contribution is 2.28. The van der Waals surface area contributed by atoms with Crippen LogP contribution >= 0.6 is 0 Å². The lowest BCUT2D eigenvalue weighted by Gasteiger charge is -2.39. The summed E-state index contributed by atoms with van der Waals surface area (Å²) >= 11 is 0. The summed E-state index contributed by atoms with van der Waals surface area (Å²) in [5.41, 5.74) is 5.97. The largest absolute Gasteiger partial charge is 0.380 e. The van der Waals surface area contributed by atoms with Gasteiger partial charge in [-0.25, -0.2) is 0 Å². The van der Waals surface area contributed by atoms with Crippen LogP contribution in [0, 0.1) is 5.92 Å². The maximum absolute atomic E-state index is 5.97. The minimum Gasteiger partial charge on any atom is -0.380 e. The monoisotopic (exact) mass is 212 g/mol. The number of nitrogens with zero attached hydrogens (tertiary/aromatic N) is 1. The Morgan fingerprint density at radius 3 is 2.67 bits per heavy atom. The molecule has 0 amide bonds. The number of likely N-dealkylation sites (tertiary alicyclic amines) is 1. The molecule has 2 aliphatic rings. The zero-order valence-electron chi connectivity index (χ0n) is 9.98. The van der Waals surface area contributed by atoms with Crippen molar-refractivity contribution in [3.63, 3.8) is 0 Å². The molecule has 1 aliphatic carbocycles. The van der Waals surface area contributed by atoms with Crippen molar-refractivity contribution < 1.29 is 4.74 Å². The summed E-state index contributed by atoms with van der Waals surface area (Å²) in [5.74, 6) is 0.710. The predicted molar refractivity (Wildman–Crippen MR) is 61.8 cm³/mol. The molecule has 15 heavy (non-hydrogen) atoms. The SMILES string of the molecule is COC1CN(C2CCC(N)C2)CCC1C. The molecule has 0 aromatic heterocycles. The van der Waals surface area contributed by atoms with Gasteiger partial charge in [-0.05, 0) is 38.1 Å². The third-order valence-electron chi connectivity index (χ3n) is 4.19. The van der Waals surface area contributed by atoms with Crippen molar-refractivity contribution in [2.24, 2.45) is 11.7 Å². The number of piperidine rings is 1. The Bertz CT molecular complexity index is 210. The van der Waals surface area contributed by atoms with Crippen molar-refractivity contribution in [1.82, 2.24) is 4.90 Å². The van der Waals surface area contributed by atoms with Crippen LogP contribution in [0.25, 0.3) is 0 Å². The molecule has 0 aromatic rings. The minimum absolute atomic E-state index is 0.426. The zero-order valence-corrected chi connectivity index (χ0v) is 9.98. The molecule has 88 valence electrons. The fourth-order valence-corrected chi connectivity index (χ4v) is 3.02. The molecule has 1 aliphatic heterocycles. The van der Waals surface area contributed by atoms with E-state index in [0.29, 0.717) is 18.1 Å². The average molecular weight is 212 g/mol. The molecule has 0 spiro atoms. The standard InChI is InChI=1S/C12H24N2O/c1-9-5-6-14(8-12(9)15-2)11-4-3-10(13)7-11/h9-12H,3-8,13H2,1-2H3. The minimum atomic E-state index is 0.426. The van der Waals surface area contributed by atoms with Gasteiger partial charge in [-0.15, -0.1) is 0 Å². The van der Waals surface area contributed by atoms with E-state index in [1.807, 2.05) is 7.11 Å². The van der Waals surface area contributed by atoms with Gasteiger partial charge in [0, 0.05) is 25.7 Å². The van der Waals surface area contributed by atoms with Crippen LogP contribution in [0.5, 0.6) is 0 Å². The summed E-state index contributed by atoms with van der Waals surface area (Å²) in [6.45, 7) is 4.64. The zero-order chi connectivity index (χ0) is 10.8. The van der Waals surface area contributed by atoms with Crippen LogP contribution in [0.1, 0.15) is 32.6 Å². The van der Waals surface area contributed by atoms with Gasteiger partial charge in [0.1, 0.15) is 0 Å². The topological polar surface area (TPSA) is 38.5 Å². The van der Waals surface area contributed by atoms with E-state index in [2.05, 4.69) is 11.8 Å². The Morgan fingerprint density at radius 2 is 2.07 bits per heavy atom. The molecule has 3 heteroatoms. The van der Waals surface area contributed by atoms with Gasteiger partial charge < -0.3 is 10.5 Å². The van der Waals surface area contributed by atoms with Crippen LogP contribution < -0.4 is 5.73 Å². The maximum atomic E-state index is 5.97. The molecule has 2 fully saturated rings. The van der Waals surface area contributed by atoms with E-state index < -0.39 is 0 Å². The van der Waals surface area contributed by atoms with Crippen LogP contribution in [-0.4, -0.2) is 43.3 Å². The van der Waals surface area contributed by atoms with Crippen molar-refractivity contribution in [1.29, 1.82) is 0 Å². The Balaban J connectivity index is 1.88. The van der Waals surface area contributed by atoms with Crippen molar-refractivity contribution in [2.75, 3.05) is 20.2 Å². The second-order valence-electron chi connectivity index (χ2n) is 5.26. The van der Waals surface area contributed by atoms with Crippen LogP contribution in [0.2, 0.25) is 0 Å². The molecule has 1 heterocycles. The summed E-state index contributed by atoms with van der Waals surface area (Å²) in [6, 6.07) is 1.17. The fourth-order valence-electron chi connectivity index (χ4n) is 3.02. The maximum Gasteiger partial charge on any atom is 0.0724 e. The molecular formula is C12H24N2O. The number of ether oxygens (including phenoxy) is 1. The second kappa shape index (κ2) is 4.81. The van der Waals surface area contributed by atoms with E-state index in [0.717, 1.165) is 12.6 Å². The molecule has 2 N–H and O–H groups in total. The van der Waals surface area contributed by atoms with E-state index in [-0.39, 0.29) is 0 Å². The first kappa shape index (κ1) is 11.4. The van der Waals surface area contributed by atoms with Crippen molar-refractivity contribution in [3.8, 4) is 0 Å². The first-order chi connectivity index (χ1) is 7.20. The van der Waals surface area contributed by atoms with Crippen LogP contribution in [0.3, 0.4) is 0 Å². The normalized spacial score (nSPS) is 43.4. The quantitative estimate of drug-likeness (QED) is 0.748. The summed E-state index contributed by atoms with van der Waals surface area (Å²) in [5, 5.41) is 0. The highest BCUT2D eigenvalue weighted by Gasteiger charge is 2.33. The summed E-state index contributed by atoms with van der Waals surface area (Å²) < 4.78 is 5.55. The molecule has 4 unspecified atom stereocenters. The number of hydrogen-bond acceptors (Lipinski definition) is 3. The Hall–Kier alpha value is -0.120. The van der Waals surface area contributed by atoms with E-state index in [9.17, 15) is 0 Å². The Labute approximate surface area is 93.0 Å². The van der Waals surface area contributed by atoms with Crippen molar-refractivity contribution >= 4 is 0 Å². The van der Waals surface area contributed by atoms with Crippen LogP contribution in [0.15, 0.2) is 0 Å². The van der Waals surface area contributed by atoms with Crippen molar-refractivity contribution in [2.45, 2.75) is 50.8 Å². The molecule has 1 saturated carbocycles. The highest BCUT2D eigenvalue weighted by atomic mass is 16.5. The van der Waals surface area contributed by atoms with Gasteiger partial charge >= 0.3 is 0 Å². The van der Waals surface area contributed by atoms with E-state index in [1.165, 1.54) is 32.2 Å². The molecule has 0 radical (unpaired) electrons. The van der Waals surface area contributed by atoms with E-state index >= 15 is 0 Å². The molecule has 0 aromatic carbocycles. The highest BCUT2D eigenvalue weighted by molar-refractivity contribution is 4.89. The lowest BCUT2D eigenvalue weighted by Crippen LogP contribution is -2.48. The second-order valence-corrected chi connectivity index (χ2v) is 5.26. The summed E-state index contributed by atoms with van der Waals surface area (Å²) in [7, 11) is 1.84. The van der Waals surface area contributed by atoms with E-state index in [4.69, 9.17) is 10.5 Å². The molecule has 2 rings (SSSR count). The molecule has 4 atom stereocenters. The Morgan fingerprint density at radius 1 is 1.27 bits per heavy atom. The number of rotatable bonds is 2. The van der Waals surface area contributed by atoms with Gasteiger partial charge in [0.05, 0.1) is 6.10 Å². The molecule has 0 bridgehead atoms. The third kappa shape index (κ3) is 2.52. The third-order valence-corrected chi connectivity index (χ3v) is 4.19. The molecular weight excluding hydrogens is 188 g/mol. The van der Waals surface area contributed by atoms with Gasteiger partial charge in [-0.1, -0.05) is 6.92 Å². The van der Waals surface area contributed by atoms with Crippen molar-refractivity contribution in [3.05, 3.63) is 0 Å². The fraction of sp³-hybridized carbons (Fsp3) is 1.00. The van der Waals surface area contributed by atoms with Gasteiger partial charge in [-0.2, -0.15) is 0 Å². The summed E-state index contributed by atoms with van der Waals surface area (Å²) in [6.07, 6.45) is 5.37. The van der Waals surface area contributed by atoms with Gasteiger partial charge in [-0.3, -0.25) is 4.90 Å². The number of methoxy groups -OCH3 is 1. The predicted octanol–water partition coefficient (Wildman–Crippen LogP) is 1.22. The van der Waals surface area contributed by atoms with E-state index in [1.54, 1.807) is 0 Å². The number of hydrogen-bond donors (Lipinski definition) is 1. The molecule has 3 nitrogen and oxygen atoms in total. The lowest BCUT2D eigenvalue weighted by molar-refractivity contribution is -0.0182. The number of nitrogens with two attached hydrogens (primary N) is 1. The lowest BCUT2D eigenvalue weighted by atomic mass is 9.94.